The third kappa shape index (κ3) is 2.94. The van der Waals surface area contributed by atoms with Crippen LogP contribution in [0.25, 0.3) is 0 Å². The fourth-order valence-corrected chi connectivity index (χ4v) is 2.26. The SMILES string of the molecule is CNC(=O)C1COCCN1C(=O)c1ccc(F)c(S)c1. The first-order chi connectivity index (χ1) is 9.54. The molecule has 108 valence electrons. The maximum Gasteiger partial charge on any atom is 0.254 e. The highest BCUT2D eigenvalue weighted by atomic mass is 32.1. The van der Waals surface area contributed by atoms with Crippen LogP contribution in [0.3, 0.4) is 0 Å². The van der Waals surface area contributed by atoms with Crippen LogP contribution in [0.5, 0.6) is 0 Å². The molecule has 1 aromatic rings. The minimum Gasteiger partial charge on any atom is -0.377 e. The zero-order valence-corrected chi connectivity index (χ0v) is 11.8. The van der Waals surface area contributed by atoms with Gasteiger partial charge in [-0.15, -0.1) is 12.6 Å². The van der Waals surface area contributed by atoms with E-state index in [-0.39, 0.29) is 23.3 Å². The van der Waals surface area contributed by atoms with Crippen LogP contribution in [0.2, 0.25) is 0 Å². The van der Waals surface area contributed by atoms with Crippen LogP contribution >= 0.6 is 12.6 Å². The molecule has 7 heteroatoms. The van der Waals surface area contributed by atoms with Crippen LogP contribution in [0.4, 0.5) is 4.39 Å². The second-order valence-corrected chi connectivity index (χ2v) is 4.85. The van der Waals surface area contributed by atoms with E-state index in [1.807, 2.05) is 0 Å². The average Bonchev–Trinajstić information content (AvgIpc) is 2.48. The number of halogens is 1. The quantitative estimate of drug-likeness (QED) is 0.790. The van der Waals surface area contributed by atoms with E-state index >= 15 is 0 Å². The summed E-state index contributed by atoms with van der Waals surface area (Å²) in [5, 5.41) is 2.50. The van der Waals surface area contributed by atoms with Gasteiger partial charge in [0.05, 0.1) is 13.2 Å². The summed E-state index contributed by atoms with van der Waals surface area (Å²) in [5.41, 5.74) is 0.298. The summed E-state index contributed by atoms with van der Waals surface area (Å²) >= 11 is 3.96. The fourth-order valence-electron chi connectivity index (χ4n) is 2.04. The van der Waals surface area contributed by atoms with E-state index < -0.39 is 11.9 Å². The molecule has 1 unspecified atom stereocenters. The van der Waals surface area contributed by atoms with E-state index in [9.17, 15) is 14.0 Å². The first-order valence-corrected chi connectivity index (χ1v) is 6.58. The first-order valence-electron chi connectivity index (χ1n) is 6.13. The Kier molecular flexibility index (Phi) is 4.61. The Morgan fingerprint density at radius 1 is 1.50 bits per heavy atom. The van der Waals surface area contributed by atoms with Gasteiger partial charge in [0.15, 0.2) is 0 Å². The third-order valence-electron chi connectivity index (χ3n) is 3.13. The van der Waals surface area contributed by atoms with Crippen molar-refractivity contribution in [1.82, 2.24) is 10.2 Å². The summed E-state index contributed by atoms with van der Waals surface area (Å²) < 4.78 is 18.4. The lowest BCUT2D eigenvalue weighted by Gasteiger charge is -2.34. The summed E-state index contributed by atoms with van der Waals surface area (Å²) in [7, 11) is 1.50. The summed E-state index contributed by atoms with van der Waals surface area (Å²) in [6, 6.07) is 3.25. The van der Waals surface area contributed by atoms with Crippen molar-refractivity contribution in [1.29, 1.82) is 0 Å². The van der Waals surface area contributed by atoms with E-state index in [2.05, 4.69) is 17.9 Å². The van der Waals surface area contributed by atoms with E-state index in [0.29, 0.717) is 18.7 Å². The van der Waals surface area contributed by atoms with Crippen LogP contribution < -0.4 is 5.32 Å². The van der Waals surface area contributed by atoms with E-state index in [1.54, 1.807) is 0 Å². The fraction of sp³-hybridized carbons (Fsp3) is 0.385. The van der Waals surface area contributed by atoms with Crippen molar-refractivity contribution in [3.05, 3.63) is 29.6 Å². The number of amides is 2. The third-order valence-corrected chi connectivity index (χ3v) is 3.47. The number of benzene rings is 1. The molecule has 1 heterocycles. The van der Waals surface area contributed by atoms with Gasteiger partial charge < -0.3 is 15.0 Å². The Hall–Kier alpha value is -1.60. The van der Waals surface area contributed by atoms with Gasteiger partial charge >= 0.3 is 0 Å². The van der Waals surface area contributed by atoms with Gasteiger partial charge in [0.2, 0.25) is 5.91 Å². The number of nitrogens with one attached hydrogen (secondary N) is 1. The van der Waals surface area contributed by atoms with Gasteiger partial charge in [-0.3, -0.25) is 9.59 Å². The Morgan fingerprint density at radius 3 is 2.90 bits per heavy atom. The molecule has 2 rings (SSSR count). The van der Waals surface area contributed by atoms with Gasteiger partial charge in [-0.2, -0.15) is 0 Å². The monoisotopic (exact) mass is 298 g/mol. The van der Waals surface area contributed by atoms with Crippen molar-refractivity contribution in [2.75, 3.05) is 26.8 Å². The molecule has 1 fully saturated rings. The molecule has 1 atom stereocenters. The number of carbonyl (C=O) groups excluding carboxylic acids is 2. The van der Waals surface area contributed by atoms with Gasteiger partial charge in [0, 0.05) is 24.1 Å². The lowest BCUT2D eigenvalue weighted by Crippen LogP contribution is -2.55. The van der Waals surface area contributed by atoms with Gasteiger partial charge in [-0.05, 0) is 18.2 Å². The normalized spacial score (nSPS) is 18.8. The van der Waals surface area contributed by atoms with Gasteiger partial charge in [-0.25, -0.2) is 4.39 Å². The largest absolute Gasteiger partial charge is 0.377 e. The minimum atomic E-state index is -0.672. The smallest absolute Gasteiger partial charge is 0.254 e. The van der Waals surface area contributed by atoms with Gasteiger partial charge in [0.1, 0.15) is 11.9 Å². The Bertz CT molecular complexity index is 538. The molecule has 1 aliphatic rings. The Labute approximate surface area is 121 Å². The number of hydrogen-bond donors (Lipinski definition) is 2. The van der Waals surface area contributed by atoms with E-state index in [4.69, 9.17) is 4.74 Å². The molecule has 0 aliphatic carbocycles. The maximum absolute atomic E-state index is 13.2. The van der Waals surface area contributed by atoms with Crippen molar-refractivity contribution in [3.63, 3.8) is 0 Å². The maximum atomic E-state index is 13.2. The standard InChI is InChI=1S/C13H15FN2O3S/c1-15-12(17)10-7-19-5-4-16(10)13(18)8-2-3-9(14)11(20)6-8/h2-3,6,10,20H,4-5,7H2,1H3,(H,15,17). The Balaban J connectivity index is 2.25. The Morgan fingerprint density at radius 2 is 2.25 bits per heavy atom. The minimum absolute atomic E-state index is 0.0978. The highest BCUT2D eigenvalue weighted by Crippen LogP contribution is 2.18. The highest BCUT2D eigenvalue weighted by Gasteiger charge is 2.32. The number of morpholine rings is 1. The molecule has 1 saturated heterocycles. The van der Waals surface area contributed by atoms with E-state index in [0.717, 1.165) is 0 Å². The number of hydrogen-bond acceptors (Lipinski definition) is 4. The molecule has 1 aromatic carbocycles. The summed E-state index contributed by atoms with van der Waals surface area (Å²) in [6.07, 6.45) is 0. The van der Waals surface area contributed by atoms with Crippen LogP contribution in [-0.4, -0.2) is 49.6 Å². The summed E-state index contributed by atoms with van der Waals surface area (Å²) in [4.78, 5) is 25.7. The van der Waals surface area contributed by atoms with Crippen molar-refractivity contribution >= 4 is 24.4 Å². The van der Waals surface area contributed by atoms with Crippen LogP contribution in [-0.2, 0) is 9.53 Å². The van der Waals surface area contributed by atoms with Crippen molar-refractivity contribution in [2.45, 2.75) is 10.9 Å². The highest BCUT2D eigenvalue weighted by molar-refractivity contribution is 7.80. The molecule has 0 aromatic heterocycles. The number of thiol groups is 1. The molecule has 2 amide bonds. The van der Waals surface area contributed by atoms with E-state index in [1.165, 1.54) is 30.1 Å². The molecular weight excluding hydrogens is 283 g/mol. The predicted octanol–water partition coefficient (Wildman–Crippen LogP) is 0.701. The molecule has 1 aliphatic heterocycles. The predicted molar refractivity (Wildman–Crippen MR) is 73.4 cm³/mol. The number of carbonyl (C=O) groups is 2. The summed E-state index contributed by atoms with van der Waals surface area (Å²) in [6.45, 7) is 0.838. The molecule has 0 saturated carbocycles. The molecule has 0 spiro atoms. The molecule has 5 nitrogen and oxygen atoms in total. The van der Waals surface area contributed by atoms with Crippen molar-refractivity contribution in [2.24, 2.45) is 0 Å². The van der Waals surface area contributed by atoms with Crippen LogP contribution in [0, 0.1) is 5.82 Å². The second kappa shape index (κ2) is 6.23. The lowest BCUT2D eigenvalue weighted by atomic mass is 10.1. The van der Waals surface area contributed by atoms with Gasteiger partial charge in [-0.1, -0.05) is 0 Å². The molecule has 0 radical (unpaired) electrons. The number of ether oxygens (including phenoxy) is 1. The molecule has 0 bridgehead atoms. The van der Waals surface area contributed by atoms with Crippen molar-refractivity contribution in [3.8, 4) is 0 Å². The molecule has 20 heavy (non-hydrogen) atoms. The molecular formula is C13H15FN2O3S. The topological polar surface area (TPSA) is 58.6 Å². The number of nitrogens with zero attached hydrogens (tertiary/aromatic N) is 1. The lowest BCUT2D eigenvalue weighted by molar-refractivity contribution is -0.130. The second-order valence-electron chi connectivity index (χ2n) is 4.37. The zero-order chi connectivity index (χ0) is 14.7. The van der Waals surface area contributed by atoms with Crippen LogP contribution in [0.15, 0.2) is 23.1 Å². The molecule has 1 N–H and O–H groups in total. The summed E-state index contributed by atoms with van der Waals surface area (Å²) in [5.74, 6) is -1.11. The average molecular weight is 298 g/mol. The van der Waals surface area contributed by atoms with Gasteiger partial charge in [0.25, 0.3) is 5.91 Å². The number of likely N-dealkylation sites (N-methyl/N-ethyl adjacent to an activating group) is 1. The first kappa shape index (κ1) is 14.8. The van der Waals surface area contributed by atoms with Crippen molar-refractivity contribution < 1.29 is 18.7 Å². The zero-order valence-electron chi connectivity index (χ0n) is 10.9. The van der Waals surface area contributed by atoms with Crippen LogP contribution in [0.1, 0.15) is 10.4 Å². The number of rotatable bonds is 2.